The van der Waals surface area contributed by atoms with Crippen molar-refractivity contribution in [2.45, 2.75) is 59.8 Å². The minimum absolute atomic E-state index is 0.0328. The maximum absolute atomic E-state index is 12.5. The lowest BCUT2D eigenvalue weighted by atomic mass is 9.75. The molecule has 134 valence electrons. The first-order valence-electron chi connectivity index (χ1n) is 8.40. The molecule has 1 aromatic rings. The van der Waals surface area contributed by atoms with E-state index in [0.717, 1.165) is 26.7 Å². The Kier molecular flexibility index (Phi) is 5.67. The maximum atomic E-state index is 12.5. The lowest BCUT2D eigenvalue weighted by Gasteiger charge is -2.28. The molecule has 0 radical (unpaired) electrons. The summed E-state index contributed by atoms with van der Waals surface area (Å²) in [5.41, 5.74) is 4.15. The van der Waals surface area contributed by atoms with Gasteiger partial charge in [0.1, 0.15) is 5.76 Å². The Hall–Kier alpha value is -1.75. The van der Waals surface area contributed by atoms with Gasteiger partial charge < -0.3 is 5.11 Å². The summed E-state index contributed by atoms with van der Waals surface area (Å²) in [7, 11) is 0. The summed E-state index contributed by atoms with van der Waals surface area (Å²) in [4.78, 5) is 37.0. The first-order chi connectivity index (χ1) is 11.6. The molecule has 0 aromatic heterocycles. The molecule has 0 amide bonds. The van der Waals surface area contributed by atoms with Gasteiger partial charge in [-0.1, -0.05) is 22.9 Å². The Morgan fingerprint density at radius 1 is 1.08 bits per heavy atom. The van der Waals surface area contributed by atoms with Crippen LogP contribution in [0, 0.1) is 20.8 Å². The summed E-state index contributed by atoms with van der Waals surface area (Å²) >= 11 is 3.56. The van der Waals surface area contributed by atoms with Crippen LogP contribution in [0.15, 0.2) is 15.8 Å². The van der Waals surface area contributed by atoms with E-state index in [1.807, 2.05) is 20.8 Å². The van der Waals surface area contributed by atoms with Crippen LogP contribution in [-0.2, 0) is 9.59 Å². The number of halogens is 1. The fourth-order valence-corrected chi connectivity index (χ4v) is 4.34. The Morgan fingerprint density at radius 3 is 2.04 bits per heavy atom. The summed E-state index contributed by atoms with van der Waals surface area (Å²) in [5, 5.41) is 9.87. The Balaban J connectivity index is 2.60. The molecule has 1 aliphatic carbocycles. The fourth-order valence-electron chi connectivity index (χ4n) is 3.93. The first kappa shape index (κ1) is 19.6. The number of Topliss-reactive ketones (excluding diaryl/α,β-unsaturated/α-hetero) is 3. The van der Waals surface area contributed by atoms with Crippen molar-refractivity contribution in [3.05, 3.63) is 43.6 Å². The number of carbonyl (C=O) groups excluding carboxylic acids is 3. The zero-order chi connectivity index (χ0) is 19.0. The van der Waals surface area contributed by atoms with E-state index in [9.17, 15) is 19.5 Å². The van der Waals surface area contributed by atoms with Gasteiger partial charge in [-0.3, -0.25) is 14.4 Å². The first-order valence-corrected chi connectivity index (χ1v) is 9.19. The van der Waals surface area contributed by atoms with Crippen LogP contribution in [0.4, 0.5) is 0 Å². The topological polar surface area (TPSA) is 71.4 Å². The molecule has 25 heavy (non-hydrogen) atoms. The van der Waals surface area contributed by atoms with E-state index in [1.165, 1.54) is 6.92 Å². The summed E-state index contributed by atoms with van der Waals surface area (Å²) in [6, 6.07) is 0. The van der Waals surface area contributed by atoms with Crippen molar-refractivity contribution in [3.8, 4) is 0 Å². The molecule has 0 spiro atoms. The van der Waals surface area contributed by atoms with E-state index >= 15 is 0 Å². The average molecular weight is 407 g/mol. The third-order valence-corrected chi connectivity index (χ3v) is 6.21. The van der Waals surface area contributed by atoms with Gasteiger partial charge in [-0.15, -0.1) is 0 Å². The molecule has 5 heteroatoms. The van der Waals surface area contributed by atoms with Gasteiger partial charge in [0.15, 0.2) is 17.3 Å². The van der Waals surface area contributed by atoms with E-state index < -0.39 is 0 Å². The molecule has 1 aromatic carbocycles. The second-order valence-electron chi connectivity index (χ2n) is 6.66. The predicted octanol–water partition coefficient (Wildman–Crippen LogP) is 4.81. The maximum Gasteiger partial charge on any atom is 0.170 e. The largest absolute Gasteiger partial charge is 0.511 e. The highest BCUT2D eigenvalue weighted by Gasteiger charge is 2.35. The van der Waals surface area contributed by atoms with Crippen molar-refractivity contribution in [1.82, 2.24) is 0 Å². The molecule has 0 heterocycles. The standard InChI is InChI=1S/C20H23BrO4/c1-6-14(23)19-15(24)7-13(8-16(19)25)18-9(2)17(12(5)22)10(3)20(21)11(18)4/h13,23H,6-8H2,1-5H3. The minimum atomic E-state index is -0.319. The van der Waals surface area contributed by atoms with Gasteiger partial charge in [0.05, 0.1) is 5.57 Å². The molecule has 1 aliphatic rings. The molecular weight excluding hydrogens is 384 g/mol. The van der Waals surface area contributed by atoms with Crippen LogP contribution in [0.1, 0.15) is 71.6 Å². The quantitative estimate of drug-likeness (QED) is 0.338. The van der Waals surface area contributed by atoms with Gasteiger partial charge in [-0.25, -0.2) is 0 Å². The summed E-state index contributed by atoms with van der Waals surface area (Å²) in [6.45, 7) is 8.94. The SMILES string of the molecule is CCC(O)=C1C(=O)CC(c2c(C)c(Br)c(C)c(C(C)=O)c2C)CC1=O. The van der Waals surface area contributed by atoms with Crippen LogP contribution in [0.25, 0.3) is 0 Å². The smallest absolute Gasteiger partial charge is 0.170 e. The van der Waals surface area contributed by atoms with Crippen molar-refractivity contribution in [3.63, 3.8) is 0 Å². The van der Waals surface area contributed by atoms with Gasteiger partial charge in [0.2, 0.25) is 0 Å². The molecule has 1 fully saturated rings. The molecule has 0 unspecified atom stereocenters. The van der Waals surface area contributed by atoms with Crippen LogP contribution in [0.5, 0.6) is 0 Å². The number of allylic oxidation sites excluding steroid dienone is 2. The number of aliphatic hydroxyl groups excluding tert-OH is 1. The van der Waals surface area contributed by atoms with Gasteiger partial charge in [-0.2, -0.15) is 0 Å². The monoisotopic (exact) mass is 406 g/mol. The average Bonchev–Trinajstić information content (AvgIpc) is 2.51. The summed E-state index contributed by atoms with van der Waals surface area (Å²) in [5.74, 6) is -1.07. The van der Waals surface area contributed by atoms with Gasteiger partial charge in [0.25, 0.3) is 0 Å². The van der Waals surface area contributed by atoms with Crippen LogP contribution < -0.4 is 0 Å². The zero-order valence-electron chi connectivity index (χ0n) is 15.2. The van der Waals surface area contributed by atoms with Gasteiger partial charge >= 0.3 is 0 Å². The zero-order valence-corrected chi connectivity index (χ0v) is 16.8. The second-order valence-corrected chi connectivity index (χ2v) is 7.45. The third kappa shape index (κ3) is 3.34. The lowest BCUT2D eigenvalue weighted by Crippen LogP contribution is -2.27. The van der Waals surface area contributed by atoms with E-state index in [0.29, 0.717) is 5.56 Å². The lowest BCUT2D eigenvalue weighted by molar-refractivity contribution is -0.124. The molecular formula is C20H23BrO4. The van der Waals surface area contributed by atoms with E-state index in [4.69, 9.17) is 0 Å². The third-order valence-electron chi connectivity index (χ3n) is 5.02. The van der Waals surface area contributed by atoms with Crippen molar-refractivity contribution in [1.29, 1.82) is 0 Å². The highest BCUT2D eigenvalue weighted by atomic mass is 79.9. The van der Waals surface area contributed by atoms with E-state index in [1.54, 1.807) is 6.92 Å². The molecule has 0 bridgehead atoms. The highest BCUT2D eigenvalue weighted by Crippen LogP contribution is 2.41. The van der Waals surface area contributed by atoms with Crippen LogP contribution >= 0.6 is 15.9 Å². The van der Waals surface area contributed by atoms with Crippen LogP contribution in [-0.4, -0.2) is 22.5 Å². The molecule has 0 aliphatic heterocycles. The minimum Gasteiger partial charge on any atom is -0.511 e. The summed E-state index contributed by atoms with van der Waals surface area (Å²) < 4.78 is 0.843. The fraction of sp³-hybridized carbons (Fsp3) is 0.450. The number of aliphatic hydroxyl groups is 1. The van der Waals surface area contributed by atoms with Crippen LogP contribution in [0.2, 0.25) is 0 Å². The molecule has 0 saturated heterocycles. The Bertz CT molecular complexity index is 798. The number of ketones is 3. The number of hydrogen-bond acceptors (Lipinski definition) is 4. The predicted molar refractivity (Wildman–Crippen MR) is 100 cm³/mol. The molecule has 0 atom stereocenters. The Morgan fingerprint density at radius 2 is 1.60 bits per heavy atom. The molecule has 1 N–H and O–H groups in total. The molecule has 1 saturated carbocycles. The highest BCUT2D eigenvalue weighted by molar-refractivity contribution is 9.10. The number of carbonyl (C=O) groups is 3. The molecule has 4 nitrogen and oxygen atoms in total. The molecule has 2 rings (SSSR count). The van der Waals surface area contributed by atoms with Crippen molar-refractivity contribution < 1.29 is 19.5 Å². The number of rotatable bonds is 3. The number of benzene rings is 1. The normalized spacial score (nSPS) is 17.8. The van der Waals surface area contributed by atoms with Gasteiger partial charge in [-0.05, 0) is 55.9 Å². The van der Waals surface area contributed by atoms with Crippen molar-refractivity contribution in [2.75, 3.05) is 0 Å². The van der Waals surface area contributed by atoms with E-state index in [2.05, 4.69) is 15.9 Å². The summed E-state index contributed by atoms with van der Waals surface area (Å²) in [6.07, 6.45) is 0.597. The number of hydrogen-bond donors (Lipinski definition) is 1. The van der Waals surface area contributed by atoms with Crippen molar-refractivity contribution in [2.24, 2.45) is 0 Å². The van der Waals surface area contributed by atoms with Crippen LogP contribution in [0.3, 0.4) is 0 Å². The van der Waals surface area contributed by atoms with Gasteiger partial charge in [0, 0.05) is 29.3 Å². The Labute approximate surface area is 156 Å². The second kappa shape index (κ2) is 7.24. The van der Waals surface area contributed by atoms with E-state index in [-0.39, 0.29) is 53.9 Å². The van der Waals surface area contributed by atoms with Crippen molar-refractivity contribution >= 4 is 33.3 Å².